The van der Waals surface area contributed by atoms with Crippen molar-refractivity contribution in [3.63, 3.8) is 0 Å². The van der Waals surface area contributed by atoms with Crippen molar-refractivity contribution in [2.45, 2.75) is 6.92 Å². The quantitative estimate of drug-likeness (QED) is 0.667. The van der Waals surface area contributed by atoms with E-state index in [-0.39, 0.29) is 5.91 Å². The van der Waals surface area contributed by atoms with E-state index in [1.807, 2.05) is 55.5 Å². The highest BCUT2D eigenvalue weighted by molar-refractivity contribution is 6.36. The first-order valence-corrected chi connectivity index (χ1v) is 6.47. The molecule has 3 heteroatoms. The standard InChI is InChI=1S/C17H15NO2/c1-11-7-6-10-13-14(11)15(17(19)18-13)16(20-2)12-8-4-3-5-9-12/h3-10H,1-2H3,(H,18,19)/b16-15+. The first kappa shape index (κ1) is 12.5. The molecule has 20 heavy (non-hydrogen) atoms. The van der Waals surface area contributed by atoms with Crippen LogP contribution in [0.5, 0.6) is 0 Å². The Balaban J connectivity index is 2.28. The van der Waals surface area contributed by atoms with E-state index in [2.05, 4.69) is 5.32 Å². The lowest BCUT2D eigenvalue weighted by molar-refractivity contribution is -0.110. The maximum absolute atomic E-state index is 12.3. The van der Waals surface area contributed by atoms with Gasteiger partial charge in [-0.3, -0.25) is 4.79 Å². The molecule has 1 aliphatic heterocycles. The highest BCUT2D eigenvalue weighted by atomic mass is 16.5. The van der Waals surface area contributed by atoms with Gasteiger partial charge in [-0.1, -0.05) is 42.5 Å². The van der Waals surface area contributed by atoms with Crippen molar-refractivity contribution in [3.05, 3.63) is 65.2 Å². The molecule has 1 aliphatic rings. The molecule has 3 nitrogen and oxygen atoms in total. The number of anilines is 1. The second kappa shape index (κ2) is 4.85. The molecule has 0 saturated carbocycles. The predicted molar refractivity (Wildman–Crippen MR) is 80.1 cm³/mol. The lowest BCUT2D eigenvalue weighted by Crippen LogP contribution is -2.06. The van der Waals surface area contributed by atoms with Gasteiger partial charge in [-0.15, -0.1) is 0 Å². The molecule has 0 atom stereocenters. The maximum atomic E-state index is 12.3. The van der Waals surface area contributed by atoms with Crippen LogP contribution in [0.1, 0.15) is 16.7 Å². The predicted octanol–water partition coefficient (Wildman–Crippen LogP) is 3.46. The van der Waals surface area contributed by atoms with E-state index < -0.39 is 0 Å². The zero-order valence-electron chi connectivity index (χ0n) is 11.4. The number of methoxy groups -OCH3 is 1. The first-order valence-electron chi connectivity index (χ1n) is 6.47. The minimum Gasteiger partial charge on any atom is -0.495 e. The summed E-state index contributed by atoms with van der Waals surface area (Å²) < 4.78 is 5.52. The number of nitrogens with one attached hydrogen (secondary N) is 1. The normalized spacial score (nSPS) is 15.6. The Morgan fingerprint density at radius 2 is 1.80 bits per heavy atom. The Kier molecular flexibility index (Phi) is 3.03. The number of carbonyl (C=O) groups excluding carboxylic acids is 1. The average Bonchev–Trinajstić information content (AvgIpc) is 2.79. The minimum atomic E-state index is -0.116. The van der Waals surface area contributed by atoms with Crippen molar-refractivity contribution in [2.75, 3.05) is 12.4 Å². The van der Waals surface area contributed by atoms with Crippen molar-refractivity contribution in [1.29, 1.82) is 0 Å². The number of fused-ring (bicyclic) bond motifs is 1. The van der Waals surface area contributed by atoms with Crippen molar-refractivity contribution in [2.24, 2.45) is 0 Å². The molecule has 0 bridgehead atoms. The van der Waals surface area contributed by atoms with Crippen LogP contribution < -0.4 is 5.32 Å². The summed E-state index contributed by atoms with van der Waals surface area (Å²) in [7, 11) is 1.60. The zero-order valence-corrected chi connectivity index (χ0v) is 11.4. The van der Waals surface area contributed by atoms with E-state index in [0.717, 1.165) is 22.4 Å². The first-order chi connectivity index (χ1) is 9.72. The van der Waals surface area contributed by atoms with Gasteiger partial charge in [0.1, 0.15) is 5.76 Å². The highest BCUT2D eigenvalue weighted by Crippen LogP contribution is 2.38. The molecule has 1 heterocycles. The summed E-state index contributed by atoms with van der Waals surface area (Å²) in [5, 5.41) is 2.90. The van der Waals surface area contributed by atoms with E-state index in [4.69, 9.17) is 4.74 Å². The van der Waals surface area contributed by atoms with Gasteiger partial charge in [0.25, 0.3) is 5.91 Å². The molecule has 2 aromatic carbocycles. The van der Waals surface area contributed by atoms with Gasteiger partial charge in [0, 0.05) is 16.8 Å². The van der Waals surface area contributed by atoms with E-state index >= 15 is 0 Å². The smallest absolute Gasteiger partial charge is 0.260 e. The molecule has 2 aromatic rings. The van der Waals surface area contributed by atoms with E-state index in [1.165, 1.54) is 0 Å². The van der Waals surface area contributed by atoms with Crippen LogP contribution in [-0.4, -0.2) is 13.0 Å². The van der Waals surface area contributed by atoms with Crippen LogP contribution in [0, 0.1) is 6.92 Å². The number of aryl methyl sites for hydroxylation is 1. The molecule has 0 spiro atoms. The molecular weight excluding hydrogens is 250 g/mol. The average molecular weight is 265 g/mol. The summed E-state index contributed by atoms with van der Waals surface area (Å²) in [5.74, 6) is 0.492. The van der Waals surface area contributed by atoms with Crippen molar-refractivity contribution in [1.82, 2.24) is 0 Å². The van der Waals surface area contributed by atoms with Crippen LogP contribution in [-0.2, 0) is 9.53 Å². The summed E-state index contributed by atoms with van der Waals surface area (Å²) in [6.07, 6.45) is 0. The Morgan fingerprint density at radius 3 is 2.50 bits per heavy atom. The molecule has 0 saturated heterocycles. The third-order valence-corrected chi connectivity index (χ3v) is 3.47. The fraction of sp³-hybridized carbons (Fsp3) is 0.118. The fourth-order valence-electron chi connectivity index (χ4n) is 2.57. The zero-order chi connectivity index (χ0) is 14.1. The molecule has 0 fully saturated rings. The topological polar surface area (TPSA) is 38.3 Å². The number of benzene rings is 2. The summed E-state index contributed by atoms with van der Waals surface area (Å²) in [4.78, 5) is 12.3. The van der Waals surface area contributed by atoms with Crippen molar-refractivity contribution >= 4 is 22.9 Å². The second-order valence-corrected chi connectivity index (χ2v) is 4.73. The number of hydrogen-bond donors (Lipinski definition) is 1. The van der Waals surface area contributed by atoms with Crippen molar-refractivity contribution < 1.29 is 9.53 Å². The number of rotatable bonds is 2. The van der Waals surface area contributed by atoms with Crippen LogP contribution >= 0.6 is 0 Å². The van der Waals surface area contributed by atoms with E-state index in [1.54, 1.807) is 7.11 Å². The summed E-state index contributed by atoms with van der Waals surface area (Å²) in [5.41, 5.74) is 4.33. The lowest BCUT2D eigenvalue weighted by Gasteiger charge is -2.11. The molecular formula is C17H15NO2. The number of ether oxygens (including phenoxy) is 1. The molecule has 0 unspecified atom stereocenters. The van der Waals surface area contributed by atoms with Crippen molar-refractivity contribution in [3.8, 4) is 0 Å². The summed E-state index contributed by atoms with van der Waals surface area (Å²) in [6.45, 7) is 2.00. The van der Waals surface area contributed by atoms with Gasteiger partial charge in [-0.05, 0) is 18.6 Å². The molecule has 100 valence electrons. The van der Waals surface area contributed by atoms with Gasteiger partial charge in [-0.2, -0.15) is 0 Å². The third-order valence-electron chi connectivity index (χ3n) is 3.47. The Morgan fingerprint density at radius 1 is 1.05 bits per heavy atom. The van der Waals surface area contributed by atoms with Crippen LogP contribution in [0.2, 0.25) is 0 Å². The molecule has 0 aliphatic carbocycles. The lowest BCUT2D eigenvalue weighted by atomic mass is 9.98. The van der Waals surface area contributed by atoms with Crippen LogP contribution in [0.4, 0.5) is 5.69 Å². The van der Waals surface area contributed by atoms with Crippen LogP contribution in [0.3, 0.4) is 0 Å². The summed E-state index contributed by atoms with van der Waals surface area (Å²) >= 11 is 0. The van der Waals surface area contributed by atoms with Gasteiger partial charge in [0.2, 0.25) is 0 Å². The van der Waals surface area contributed by atoms with Crippen LogP contribution in [0.25, 0.3) is 11.3 Å². The second-order valence-electron chi connectivity index (χ2n) is 4.73. The highest BCUT2D eigenvalue weighted by Gasteiger charge is 2.30. The van der Waals surface area contributed by atoms with E-state index in [0.29, 0.717) is 11.3 Å². The molecule has 1 amide bonds. The molecule has 1 N–H and O–H groups in total. The Hall–Kier alpha value is -2.55. The van der Waals surface area contributed by atoms with E-state index in [9.17, 15) is 4.79 Å². The molecule has 3 rings (SSSR count). The Bertz CT molecular complexity index is 702. The third kappa shape index (κ3) is 1.88. The number of carbonyl (C=O) groups is 1. The fourth-order valence-corrected chi connectivity index (χ4v) is 2.57. The van der Waals surface area contributed by atoms with Gasteiger partial charge >= 0.3 is 0 Å². The largest absolute Gasteiger partial charge is 0.495 e. The van der Waals surface area contributed by atoms with Gasteiger partial charge in [0.15, 0.2) is 0 Å². The summed E-state index contributed by atoms with van der Waals surface area (Å²) in [6, 6.07) is 15.5. The van der Waals surface area contributed by atoms with Gasteiger partial charge in [-0.25, -0.2) is 0 Å². The molecule has 0 aromatic heterocycles. The van der Waals surface area contributed by atoms with Gasteiger partial charge < -0.3 is 10.1 Å². The molecule has 0 radical (unpaired) electrons. The van der Waals surface area contributed by atoms with Gasteiger partial charge in [0.05, 0.1) is 12.7 Å². The van der Waals surface area contributed by atoms with Crippen LogP contribution in [0.15, 0.2) is 48.5 Å². The number of amides is 1. The number of hydrogen-bond acceptors (Lipinski definition) is 2. The maximum Gasteiger partial charge on any atom is 0.260 e. The SMILES string of the molecule is CO/C(=C1/C(=O)Nc2cccc(C)c21)c1ccccc1. The minimum absolute atomic E-state index is 0.116. The Labute approximate surface area is 117 Å². The monoisotopic (exact) mass is 265 g/mol.